The molecule has 7 nitrogen and oxygen atoms in total. The van der Waals surface area contributed by atoms with Crippen LogP contribution in [0.1, 0.15) is 12.5 Å². The maximum atomic E-state index is 12.1. The minimum atomic E-state index is -1.13. The maximum absolute atomic E-state index is 12.1. The van der Waals surface area contributed by atoms with E-state index in [1.165, 1.54) is 15.9 Å². The van der Waals surface area contributed by atoms with Gasteiger partial charge in [-0.05, 0) is 17.9 Å². The normalized spacial score (nSPS) is 28.1. The number of rotatable bonds is 3. The molecule has 4 atom stereocenters. The summed E-state index contributed by atoms with van der Waals surface area (Å²) in [4.78, 5) is 16.8. The fourth-order valence-corrected chi connectivity index (χ4v) is 3.64. The van der Waals surface area contributed by atoms with Gasteiger partial charge in [0.25, 0.3) is 0 Å². The van der Waals surface area contributed by atoms with Crippen molar-refractivity contribution in [3.63, 3.8) is 0 Å². The van der Waals surface area contributed by atoms with Gasteiger partial charge < -0.3 is 21.1 Å². The molecule has 2 heterocycles. The summed E-state index contributed by atoms with van der Waals surface area (Å²) in [5.74, 6) is -0.329. The van der Waals surface area contributed by atoms with Crippen molar-refractivity contribution >= 4 is 17.2 Å². The van der Waals surface area contributed by atoms with Crippen molar-refractivity contribution in [3.8, 4) is 10.4 Å². The minimum Gasteiger partial charge on any atom is -0.396 e. The summed E-state index contributed by atoms with van der Waals surface area (Å²) in [6, 6.07) is 3.10. The third-order valence-corrected chi connectivity index (χ3v) is 5.03. The molecule has 0 spiro atoms. The molecule has 2 aromatic rings. The molecule has 0 saturated heterocycles. The van der Waals surface area contributed by atoms with Crippen LogP contribution in [0.25, 0.3) is 10.4 Å². The molecular weight excluding hydrogens is 306 g/mol. The number of aliphatic hydroxyl groups excluding tert-OH is 3. The summed E-state index contributed by atoms with van der Waals surface area (Å²) >= 11 is 1.47. The van der Waals surface area contributed by atoms with E-state index in [2.05, 4.69) is 4.98 Å². The molecule has 0 aromatic carbocycles. The van der Waals surface area contributed by atoms with Crippen LogP contribution in [0.4, 0.5) is 5.82 Å². The van der Waals surface area contributed by atoms with E-state index in [-0.39, 0.29) is 12.4 Å². The van der Waals surface area contributed by atoms with Crippen molar-refractivity contribution in [2.45, 2.75) is 24.7 Å². The quantitative estimate of drug-likeness (QED) is 0.622. The van der Waals surface area contributed by atoms with Gasteiger partial charge in [0, 0.05) is 23.6 Å². The Balaban J connectivity index is 2.05. The van der Waals surface area contributed by atoms with Gasteiger partial charge >= 0.3 is 5.69 Å². The highest BCUT2D eigenvalue weighted by Crippen LogP contribution is 2.36. The van der Waals surface area contributed by atoms with Crippen molar-refractivity contribution in [3.05, 3.63) is 34.2 Å². The Bertz CT molecular complexity index is 715. The first-order chi connectivity index (χ1) is 10.5. The van der Waals surface area contributed by atoms with Crippen LogP contribution in [0.5, 0.6) is 0 Å². The van der Waals surface area contributed by atoms with Gasteiger partial charge in [0.15, 0.2) is 0 Å². The van der Waals surface area contributed by atoms with Crippen molar-refractivity contribution in [2.75, 3.05) is 12.3 Å². The van der Waals surface area contributed by atoms with Gasteiger partial charge in [-0.15, -0.1) is 11.3 Å². The molecule has 22 heavy (non-hydrogen) atoms. The zero-order valence-electron chi connectivity index (χ0n) is 11.7. The molecular formula is C14H17N3O4S. The molecule has 0 unspecified atom stereocenters. The minimum absolute atomic E-state index is 0.135. The molecule has 8 heteroatoms. The summed E-state index contributed by atoms with van der Waals surface area (Å²) in [7, 11) is 0. The van der Waals surface area contributed by atoms with Crippen molar-refractivity contribution in [2.24, 2.45) is 5.92 Å². The molecule has 5 N–H and O–H groups in total. The highest BCUT2D eigenvalue weighted by atomic mass is 32.1. The van der Waals surface area contributed by atoms with Crippen LogP contribution >= 0.6 is 11.3 Å². The Morgan fingerprint density at radius 3 is 2.77 bits per heavy atom. The molecule has 3 rings (SSSR count). The summed E-state index contributed by atoms with van der Waals surface area (Å²) in [5, 5.41) is 31.2. The van der Waals surface area contributed by atoms with E-state index in [0.29, 0.717) is 12.0 Å². The van der Waals surface area contributed by atoms with Gasteiger partial charge in [-0.2, -0.15) is 4.98 Å². The number of hydrogen-bond donors (Lipinski definition) is 4. The number of aromatic nitrogens is 2. The zero-order valence-corrected chi connectivity index (χ0v) is 12.5. The van der Waals surface area contributed by atoms with Crippen LogP contribution in [0.3, 0.4) is 0 Å². The first-order valence-corrected chi connectivity index (χ1v) is 7.80. The number of nitrogens with zero attached hydrogens (tertiary/aromatic N) is 2. The van der Waals surface area contributed by atoms with Crippen LogP contribution in [0.2, 0.25) is 0 Å². The topological polar surface area (TPSA) is 122 Å². The predicted octanol–water partition coefficient (Wildman–Crippen LogP) is -0.171. The Kier molecular flexibility index (Phi) is 4.00. The molecule has 1 fully saturated rings. The highest BCUT2D eigenvalue weighted by molar-refractivity contribution is 7.13. The highest BCUT2D eigenvalue weighted by Gasteiger charge is 2.42. The van der Waals surface area contributed by atoms with E-state index in [1.54, 1.807) is 6.20 Å². The van der Waals surface area contributed by atoms with E-state index in [4.69, 9.17) is 5.73 Å². The van der Waals surface area contributed by atoms with Gasteiger partial charge in [-0.25, -0.2) is 4.79 Å². The second kappa shape index (κ2) is 5.81. The van der Waals surface area contributed by atoms with E-state index < -0.39 is 29.9 Å². The summed E-state index contributed by atoms with van der Waals surface area (Å²) in [6.45, 7) is -0.246. The van der Waals surface area contributed by atoms with Crippen molar-refractivity contribution < 1.29 is 15.3 Å². The maximum Gasteiger partial charge on any atom is 0.349 e. The molecule has 118 valence electrons. The third kappa shape index (κ3) is 2.44. The number of aliphatic hydroxyl groups is 3. The molecule has 1 aliphatic rings. The number of nitrogens with two attached hydrogens (primary N) is 1. The average molecular weight is 323 g/mol. The fourth-order valence-electron chi connectivity index (χ4n) is 2.90. The Labute approximate surface area is 130 Å². The summed E-state index contributed by atoms with van der Waals surface area (Å²) in [5.41, 5.74) is 5.86. The SMILES string of the molecule is Nc1nc(=O)n([C@@H]2C[C@H](CO)[C@H](O)[C@@H]2O)cc1-c1cccs1. The summed E-state index contributed by atoms with van der Waals surface area (Å²) < 4.78 is 1.30. The van der Waals surface area contributed by atoms with Gasteiger partial charge in [-0.1, -0.05) is 6.07 Å². The molecule has 2 aromatic heterocycles. The van der Waals surface area contributed by atoms with E-state index in [0.717, 1.165) is 4.88 Å². The van der Waals surface area contributed by atoms with Gasteiger partial charge in [0.2, 0.25) is 0 Å². The van der Waals surface area contributed by atoms with Crippen LogP contribution in [-0.4, -0.2) is 43.7 Å². The van der Waals surface area contributed by atoms with Crippen molar-refractivity contribution in [1.82, 2.24) is 9.55 Å². The van der Waals surface area contributed by atoms with Crippen LogP contribution < -0.4 is 11.4 Å². The van der Waals surface area contributed by atoms with Crippen LogP contribution in [0, 0.1) is 5.92 Å². The first kappa shape index (κ1) is 15.2. The lowest BCUT2D eigenvalue weighted by molar-refractivity contribution is -0.00452. The second-order valence-electron chi connectivity index (χ2n) is 5.43. The molecule has 1 aliphatic carbocycles. The largest absolute Gasteiger partial charge is 0.396 e. The Morgan fingerprint density at radius 2 is 2.18 bits per heavy atom. The molecule has 0 aliphatic heterocycles. The standard InChI is InChI=1S/C14H17N3O4S/c15-13-8(10-2-1-3-22-10)5-17(14(21)16-13)9-4-7(6-18)11(19)12(9)20/h1-3,5,7,9,11-12,18-20H,4,6H2,(H2,15,16,21)/t7-,9-,11+,12-/m1/s1. The molecule has 0 amide bonds. The number of anilines is 1. The zero-order chi connectivity index (χ0) is 15.9. The Hall–Kier alpha value is -1.74. The first-order valence-electron chi connectivity index (χ1n) is 6.92. The summed E-state index contributed by atoms with van der Waals surface area (Å²) in [6.07, 6.45) is -0.327. The average Bonchev–Trinajstić information content (AvgIpc) is 3.10. The van der Waals surface area contributed by atoms with Gasteiger partial charge in [0.1, 0.15) is 11.9 Å². The number of nitrogen functional groups attached to an aromatic ring is 1. The lowest BCUT2D eigenvalue weighted by Gasteiger charge is -2.19. The molecule has 1 saturated carbocycles. The van der Waals surface area contributed by atoms with E-state index in [1.807, 2.05) is 17.5 Å². The monoisotopic (exact) mass is 323 g/mol. The lowest BCUT2D eigenvalue weighted by atomic mass is 10.1. The number of thiophene rings is 1. The molecule has 0 bridgehead atoms. The molecule has 0 radical (unpaired) electrons. The third-order valence-electron chi connectivity index (χ3n) is 4.13. The lowest BCUT2D eigenvalue weighted by Crippen LogP contribution is -2.35. The van der Waals surface area contributed by atoms with Crippen molar-refractivity contribution in [1.29, 1.82) is 0 Å². The second-order valence-corrected chi connectivity index (χ2v) is 6.38. The van der Waals surface area contributed by atoms with E-state index in [9.17, 15) is 20.1 Å². The van der Waals surface area contributed by atoms with Gasteiger partial charge in [-0.3, -0.25) is 4.57 Å². The Morgan fingerprint density at radius 1 is 1.41 bits per heavy atom. The van der Waals surface area contributed by atoms with E-state index >= 15 is 0 Å². The van der Waals surface area contributed by atoms with Gasteiger partial charge in [0.05, 0.1) is 17.7 Å². The predicted molar refractivity (Wildman–Crippen MR) is 82.5 cm³/mol. The van der Waals surface area contributed by atoms with Crippen LogP contribution in [0.15, 0.2) is 28.5 Å². The smallest absolute Gasteiger partial charge is 0.349 e. The fraction of sp³-hybridized carbons (Fsp3) is 0.429. The number of hydrogen-bond acceptors (Lipinski definition) is 7. The van der Waals surface area contributed by atoms with Crippen LogP contribution in [-0.2, 0) is 0 Å².